The summed E-state index contributed by atoms with van der Waals surface area (Å²) in [5, 5.41) is 10.4. The molecule has 8 heteroatoms. The fourth-order valence-electron chi connectivity index (χ4n) is 6.35. The molecule has 0 amide bonds. The van der Waals surface area contributed by atoms with E-state index in [2.05, 4.69) is 33.2 Å². The number of furan rings is 1. The van der Waals surface area contributed by atoms with Gasteiger partial charge in [0.25, 0.3) is 0 Å². The molecule has 5 aromatic carbocycles. The van der Waals surface area contributed by atoms with Gasteiger partial charge in [-0.15, -0.1) is 90.0 Å². The van der Waals surface area contributed by atoms with Crippen LogP contribution in [0.25, 0.3) is 55.7 Å². The molecule has 0 fully saturated rings. The average Bonchev–Trinajstić information content (AvgIpc) is 3.74. The first-order valence-electron chi connectivity index (χ1n) is 24.3. The first-order chi connectivity index (χ1) is 33.6. The van der Waals surface area contributed by atoms with Crippen molar-refractivity contribution in [3.8, 4) is 39.8 Å². The molecule has 0 saturated heterocycles. The normalized spacial score (nSPS) is 14.9. The molecule has 4 aromatic heterocycles. The van der Waals surface area contributed by atoms with E-state index >= 15 is 8.78 Å². The Morgan fingerprint density at radius 1 is 0.633 bits per heavy atom. The monoisotopic (exact) mass is 974 g/mol. The Morgan fingerprint density at radius 3 is 1.80 bits per heavy atom. The van der Waals surface area contributed by atoms with Crippen molar-refractivity contribution in [2.24, 2.45) is 0 Å². The Labute approximate surface area is 377 Å². The summed E-state index contributed by atoms with van der Waals surface area (Å²) in [6.07, 6.45) is -9.69. The minimum atomic E-state index is -3.10. The number of benzene rings is 5. The Bertz CT molecular complexity index is 3470. The second-order valence-corrected chi connectivity index (χ2v) is 13.2. The summed E-state index contributed by atoms with van der Waals surface area (Å²) in [6.45, 7) is 0. The van der Waals surface area contributed by atoms with Crippen LogP contribution in [-0.4, -0.2) is 15.0 Å². The fourth-order valence-corrected chi connectivity index (χ4v) is 6.35. The zero-order valence-electron chi connectivity index (χ0n) is 43.2. The van der Waals surface area contributed by atoms with E-state index in [1.54, 1.807) is 60.7 Å². The number of halogens is 2. The molecule has 0 atom stereocenters. The topological polar surface area (TPSA) is 75.6 Å². The summed E-state index contributed by atoms with van der Waals surface area (Å²) in [4.78, 5) is 12.9. The van der Waals surface area contributed by atoms with E-state index in [-0.39, 0.29) is 88.3 Å². The van der Waals surface area contributed by atoms with Crippen LogP contribution >= 0.6 is 0 Å². The molecule has 5 nitrogen and oxygen atoms in total. The van der Waals surface area contributed by atoms with Gasteiger partial charge < -0.3 is 19.4 Å². The molecule has 9 rings (SSSR count). The second kappa shape index (κ2) is 18.1. The predicted molar refractivity (Wildman–Crippen MR) is 226 cm³/mol. The third-order valence-electron chi connectivity index (χ3n) is 9.32. The Morgan fingerprint density at radius 2 is 1.23 bits per heavy atom. The molecular formula is C52H35F2IrN4O. The van der Waals surface area contributed by atoms with Crippen LogP contribution in [-0.2, 0) is 58.4 Å². The Balaban J connectivity index is 0.00000693. The summed E-state index contributed by atoms with van der Waals surface area (Å²) >= 11 is 0. The first kappa shape index (κ1) is 27.9. The van der Waals surface area contributed by atoms with Gasteiger partial charge in [0.2, 0.25) is 0 Å². The Kier molecular flexibility index (Phi) is 8.42. The maximum absolute atomic E-state index is 16.0. The van der Waals surface area contributed by atoms with E-state index in [1.165, 1.54) is 18.2 Å². The van der Waals surface area contributed by atoms with Gasteiger partial charge in [-0.05, 0) is 102 Å². The van der Waals surface area contributed by atoms with E-state index in [1.807, 2.05) is 6.07 Å². The van der Waals surface area contributed by atoms with Crippen molar-refractivity contribution in [1.82, 2.24) is 15.0 Å². The van der Waals surface area contributed by atoms with Crippen LogP contribution < -0.4 is 0 Å². The van der Waals surface area contributed by atoms with Gasteiger partial charge in [0, 0.05) is 46.1 Å². The molecule has 0 unspecified atom stereocenters. The number of hydrogen-bond donors (Lipinski definition) is 0. The van der Waals surface area contributed by atoms with E-state index in [0.717, 1.165) is 36.8 Å². The van der Waals surface area contributed by atoms with Crippen LogP contribution in [0, 0.1) is 41.2 Å². The number of rotatable bonds is 12. The summed E-state index contributed by atoms with van der Waals surface area (Å²) in [5.41, 5.74) is -1.08. The molecule has 292 valence electrons. The van der Waals surface area contributed by atoms with Crippen molar-refractivity contribution in [2.75, 3.05) is 0 Å². The van der Waals surface area contributed by atoms with Crippen molar-refractivity contribution in [2.45, 2.75) is 38.3 Å². The third kappa shape index (κ3) is 8.84. The molecule has 60 heavy (non-hydrogen) atoms. The summed E-state index contributed by atoms with van der Waals surface area (Å²) in [7, 11) is 0. The van der Waals surface area contributed by atoms with Gasteiger partial charge in [0.1, 0.15) is 17.2 Å². The minimum Gasteiger partial charge on any atom is -0.501 e. The van der Waals surface area contributed by atoms with Gasteiger partial charge in [0.05, 0.1) is 22.7 Å². The minimum absolute atomic E-state index is 0. The third-order valence-corrected chi connectivity index (χ3v) is 9.32. The number of pyridine rings is 3. The van der Waals surface area contributed by atoms with E-state index < -0.39 is 78.7 Å². The number of aryl methyl sites for hydroxylation is 6. The molecule has 0 saturated carbocycles. The molecule has 0 aliphatic carbocycles. The van der Waals surface area contributed by atoms with Crippen LogP contribution in [0.3, 0.4) is 0 Å². The van der Waals surface area contributed by atoms with Crippen molar-refractivity contribution in [3.63, 3.8) is 0 Å². The van der Waals surface area contributed by atoms with Crippen LogP contribution in [0.15, 0.2) is 144 Å². The zero-order valence-corrected chi connectivity index (χ0v) is 33.6. The van der Waals surface area contributed by atoms with Crippen LogP contribution in [0.2, 0.25) is 0 Å². The number of aromatic nitrogens is 3. The predicted octanol–water partition coefficient (Wildman–Crippen LogP) is 11.7. The molecule has 9 aromatic rings. The average molecular weight is 974 g/mol. The van der Waals surface area contributed by atoms with Crippen molar-refractivity contribution >= 4 is 21.9 Å². The number of nitriles is 1. The maximum atomic E-state index is 16.0. The molecular weight excluding hydrogens is 927 g/mol. The van der Waals surface area contributed by atoms with Gasteiger partial charge >= 0.3 is 20.1 Å². The van der Waals surface area contributed by atoms with Crippen molar-refractivity contribution in [3.05, 3.63) is 209 Å². The smallest absolute Gasteiger partial charge is 0.501 e. The van der Waals surface area contributed by atoms with Crippen molar-refractivity contribution < 1.29 is 49.8 Å². The summed E-state index contributed by atoms with van der Waals surface area (Å²) in [5.74, 6) is -2.16. The molecule has 0 spiro atoms. The molecule has 0 radical (unpaired) electrons. The SMILES string of the molecule is [2H]c1cc2c(oc3c(-c4ccc(C([2H])([2H])C([2H])([2H])c5cc(C([2H])([2H])Cc6cnc(-c7[c-]cccc7)c([2H])c6F)cc(C([2H])([2H])Cc6cnc(-c7[c-]cccc7)c([2H])c6F)c5)cn4)[c-]ccc32)c([2H])c1C#N.[Ir+3]. The van der Waals surface area contributed by atoms with Gasteiger partial charge in [-0.3, -0.25) is 0 Å². The molecule has 0 bridgehead atoms. The number of hydrogen-bond acceptors (Lipinski definition) is 5. The standard InChI is InChI=1S/C52H35F2N4O.Ir/c53-46-28-49(39-8-3-1-4-9-39)57-32-41(46)20-16-36-24-35(25-37(26-36)17-21-42-33-58-50(29-47(42)54)40-10-5-2-6-11-40)15-14-34-19-23-48(56-31-34)45-13-7-12-44-43-22-18-38(30-55)27-51(43)59-52(44)45;/h1-8,10,12,18-19,22-29,31-33H,14-17,20-21H2;/q-3;+3/i14D2,15D2,16D2,17D2,18D,27D,28D,29D;. The molecule has 0 aliphatic heterocycles. The largest absolute Gasteiger partial charge is 3.00 e. The van der Waals surface area contributed by atoms with Gasteiger partial charge in [-0.25, -0.2) is 8.78 Å². The summed E-state index contributed by atoms with van der Waals surface area (Å²) in [6, 6.07) is 32.4. The zero-order chi connectivity index (χ0) is 50.8. The van der Waals surface area contributed by atoms with Crippen LogP contribution in [0.5, 0.6) is 0 Å². The fraction of sp³-hybridized carbons (Fsp3) is 0.115. The second-order valence-electron chi connectivity index (χ2n) is 13.2. The molecule has 0 N–H and O–H groups in total. The van der Waals surface area contributed by atoms with Gasteiger partial charge in [-0.1, -0.05) is 47.3 Å². The Hall–Kier alpha value is -6.65. The first-order valence-corrected chi connectivity index (χ1v) is 18.3. The van der Waals surface area contributed by atoms with Crippen molar-refractivity contribution in [1.29, 1.82) is 5.26 Å². The molecule has 4 heterocycles. The number of nitrogens with zero attached hydrogens (tertiary/aromatic N) is 4. The quantitative estimate of drug-likeness (QED) is 0.114. The maximum Gasteiger partial charge on any atom is 3.00 e. The van der Waals surface area contributed by atoms with E-state index in [9.17, 15) is 16.2 Å². The summed E-state index contributed by atoms with van der Waals surface area (Å²) < 4.78 is 146. The van der Waals surface area contributed by atoms with E-state index in [4.69, 9.17) is 9.90 Å². The van der Waals surface area contributed by atoms with Gasteiger partial charge in [0.15, 0.2) is 0 Å². The van der Waals surface area contributed by atoms with Gasteiger partial charge in [-0.2, -0.15) is 5.26 Å². The molecule has 0 aliphatic rings. The van der Waals surface area contributed by atoms with Crippen LogP contribution in [0.4, 0.5) is 8.78 Å². The van der Waals surface area contributed by atoms with Crippen LogP contribution in [0.1, 0.15) is 55.4 Å². The number of fused-ring (bicyclic) bond motifs is 3. The van der Waals surface area contributed by atoms with E-state index in [0.29, 0.717) is 21.9 Å².